The number of carbonyl (C=O) groups excluding carboxylic acids is 1. The number of methoxy groups -OCH3 is 1. The maximum Gasteiger partial charge on any atom is 0.337 e. The minimum Gasteiger partial charge on any atom is -0.465 e. The smallest absolute Gasteiger partial charge is 0.337 e. The van der Waals surface area contributed by atoms with Crippen LogP contribution in [0.25, 0.3) is 0 Å². The summed E-state index contributed by atoms with van der Waals surface area (Å²) in [7, 11) is 3.46. The number of likely N-dealkylation sites (N-methyl/N-ethyl adjacent to an activating group) is 1. The standard InChI is InChI=1S/C20H27N3O2S.HI/c1-4-21-20(23(2)14-12-18-6-5-15-26-18)22-13-11-16-7-9-17(10-8-16)19(24)25-3;/h5-10,15H,4,11-14H2,1-3H3,(H,21,22);1H. The molecule has 0 spiro atoms. The first kappa shape index (κ1) is 23.4. The van der Waals surface area contributed by atoms with E-state index in [-0.39, 0.29) is 29.9 Å². The molecule has 1 aromatic carbocycles. The second-order valence-electron chi connectivity index (χ2n) is 5.93. The van der Waals surface area contributed by atoms with E-state index in [1.54, 1.807) is 23.5 Å². The van der Waals surface area contributed by atoms with Crippen molar-refractivity contribution in [2.45, 2.75) is 19.8 Å². The molecule has 1 heterocycles. The molecule has 0 aliphatic heterocycles. The molecule has 1 N–H and O–H groups in total. The van der Waals surface area contributed by atoms with Gasteiger partial charge >= 0.3 is 5.97 Å². The van der Waals surface area contributed by atoms with Crippen LogP contribution in [0.3, 0.4) is 0 Å². The molecule has 0 saturated carbocycles. The van der Waals surface area contributed by atoms with Crippen molar-refractivity contribution in [1.29, 1.82) is 0 Å². The van der Waals surface area contributed by atoms with Crippen molar-refractivity contribution in [2.24, 2.45) is 4.99 Å². The Morgan fingerprint density at radius 1 is 1.22 bits per heavy atom. The number of hydrogen-bond donors (Lipinski definition) is 1. The van der Waals surface area contributed by atoms with Gasteiger partial charge in [0.1, 0.15) is 0 Å². The van der Waals surface area contributed by atoms with Gasteiger partial charge in [0.2, 0.25) is 0 Å². The van der Waals surface area contributed by atoms with Crippen LogP contribution in [0.2, 0.25) is 0 Å². The van der Waals surface area contributed by atoms with Crippen LogP contribution in [0.15, 0.2) is 46.8 Å². The molecule has 1 aromatic heterocycles. The normalized spacial score (nSPS) is 10.9. The average Bonchev–Trinajstić information content (AvgIpc) is 3.19. The third-order valence-electron chi connectivity index (χ3n) is 4.01. The summed E-state index contributed by atoms with van der Waals surface area (Å²) in [6, 6.07) is 11.8. The van der Waals surface area contributed by atoms with Crippen molar-refractivity contribution in [3.63, 3.8) is 0 Å². The lowest BCUT2D eigenvalue weighted by molar-refractivity contribution is 0.0600. The molecule has 0 fully saturated rings. The van der Waals surface area contributed by atoms with Gasteiger partial charge in [0, 0.05) is 31.6 Å². The summed E-state index contributed by atoms with van der Waals surface area (Å²) >= 11 is 1.79. The van der Waals surface area contributed by atoms with E-state index >= 15 is 0 Å². The number of guanidine groups is 1. The zero-order valence-electron chi connectivity index (χ0n) is 16.1. The maximum atomic E-state index is 11.5. The van der Waals surface area contributed by atoms with E-state index in [4.69, 9.17) is 9.73 Å². The largest absolute Gasteiger partial charge is 0.465 e. The molecule has 0 atom stereocenters. The number of aliphatic imine (C=N–C) groups is 1. The molecule has 0 bridgehead atoms. The van der Waals surface area contributed by atoms with Crippen molar-refractivity contribution >= 4 is 47.2 Å². The lowest BCUT2D eigenvalue weighted by atomic mass is 10.1. The zero-order valence-corrected chi connectivity index (χ0v) is 19.3. The minimum absolute atomic E-state index is 0. The lowest BCUT2D eigenvalue weighted by Crippen LogP contribution is -2.40. The summed E-state index contributed by atoms with van der Waals surface area (Å²) in [6.45, 7) is 4.55. The Labute approximate surface area is 182 Å². The molecule has 7 heteroatoms. The van der Waals surface area contributed by atoms with Gasteiger partial charge in [-0.2, -0.15) is 0 Å². The van der Waals surface area contributed by atoms with E-state index in [0.717, 1.165) is 37.5 Å². The highest BCUT2D eigenvalue weighted by molar-refractivity contribution is 14.0. The van der Waals surface area contributed by atoms with E-state index in [0.29, 0.717) is 12.1 Å². The Morgan fingerprint density at radius 2 is 1.96 bits per heavy atom. The first-order valence-electron chi connectivity index (χ1n) is 8.83. The van der Waals surface area contributed by atoms with Gasteiger partial charge in [-0.05, 0) is 48.9 Å². The third-order valence-corrected chi connectivity index (χ3v) is 4.94. The van der Waals surface area contributed by atoms with Gasteiger partial charge in [-0.15, -0.1) is 35.3 Å². The highest BCUT2D eigenvalue weighted by atomic mass is 127. The average molecular weight is 501 g/mol. The Morgan fingerprint density at radius 3 is 2.56 bits per heavy atom. The number of halogens is 1. The minimum atomic E-state index is -0.309. The Bertz CT molecular complexity index is 703. The van der Waals surface area contributed by atoms with Crippen LogP contribution in [0.4, 0.5) is 0 Å². The fourth-order valence-corrected chi connectivity index (χ4v) is 3.22. The topological polar surface area (TPSA) is 53.9 Å². The predicted molar refractivity (Wildman–Crippen MR) is 124 cm³/mol. The molecule has 148 valence electrons. The number of rotatable bonds is 8. The highest BCUT2D eigenvalue weighted by Gasteiger charge is 2.07. The zero-order chi connectivity index (χ0) is 18.8. The molecule has 5 nitrogen and oxygen atoms in total. The predicted octanol–water partition coefficient (Wildman–Crippen LogP) is 3.84. The van der Waals surface area contributed by atoms with Gasteiger partial charge in [0.05, 0.1) is 12.7 Å². The van der Waals surface area contributed by atoms with Crippen molar-refractivity contribution < 1.29 is 9.53 Å². The van der Waals surface area contributed by atoms with Crippen LogP contribution in [-0.4, -0.2) is 50.6 Å². The summed E-state index contributed by atoms with van der Waals surface area (Å²) in [5.74, 6) is 0.617. The van der Waals surface area contributed by atoms with Crippen LogP contribution in [-0.2, 0) is 17.6 Å². The molecule has 0 saturated heterocycles. The lowest BCUT2D eigenvalue weighted by Gasteiger charge is -2.21. The molecular weight excluding hydrogens is 473 g/mol. The number of nitrogens with zero attached hydrogens (tertiary/aromatic N) is 2. The second-order valence-corrected chi connectivity index (χ2v) is 6.96. The second kappa shape index (κ2) is 12.7. The van der Waals surface area contributed by atoms with Crippen molar-refractivity contribution in [1.82, 2.24) is 10.2 Å². The Hall–Kier alpha value is -1.61. The summed E-state index contributed by atoms with van der Waals surface area (Å²) in [5, 5.41) is 5.46. The molecular formula is C20H28IN3O2S. The number of nitrogens with one attached hydrogen (secondary N) is 1. The molecule has 2 aromatic rings. The van der Waals surface area contributed by atoms with Crippen molar-refractivity contribution in [3.05, 3.63) is 57.8 Å². The quantitative estimate of drug-likeness (QED) is 0.259. The monoisotopic (exact) mass is 501 g/mol. The first-order valence-corrected chi connectivity index (χ1v) is 9.71. The summed E-state index contributed by atoms with van der Waals surface area (Å²) in [5.41, 5.74) is 1.72. The van der Waals surface area contributed by atoms with E-state index in [2.05, 4.69) is 41.7 Å². The number of carbonyl (C=O) groups is 1. The van der Waals surface area contributed by atoms with Crippen LogP contribution in [0.5, 0.6) is 0 Å². The number of thiophene rings is 1. The molecule has 0 radical (unpaired) electrons. The molecule has 0 unspecified atom stereocenters. The Balaban J connectivity index is 0.00000364. The summed E-state index contributed by atoms with van der Waals surface area (Å²) in [4.78, 5) is 19.7. The van der Waals surface area contributed by atoms with E-state index in [1.165, 1.54) is 12.0 Å². The fourth-order valence-electron chi connectivity index (χ4n) is 2.52. The van der Waals surface area contributed by atoms with E-state index in [1.807, 2.05) is 12.1 Å². The number of ether oxygens (including phenoxy) is 1. The highest BCUT2D eigenvalue weighted by Crippen LogP contribution is 2.10. The van der Waals surface area contributed by atoms with Crippen LogP contribution in [0.1, 0.15) is 27.7 Å². The molecule has 2 rings (SSSR count). The Kier molecular flexibility index (Phi) is 11.0. The number of esters is 1. The first-order chi connectivity index (χ1) is 12.6. The van der Waals surface area contributed by atoms with Crippen molar-refractivity contribution in [2.75, 3.05) is 33.8 Å². The van der Waals surface area contributed by atoms with Crippen molar-refractivity contribution in [3.8, 4) is 0 Å². The molecule has 0 amide bonds. The van der Waals surface area contributed by atoms with Gasteiger partial charge in [0.25, 0.3) is 0 Å². The van der Waals surface area contributed by atoms with Crippen LogP contribution < -0.4 is 5.32 Å². The molecule has 0 aliphatic carbocycles. The van der Waals surface area contributed by atoms with Crippen LogP contribution in [0, 0.1) is 0 Å². The maximum absolute atomic E-state index is 11.5. The third kappa shape index (κ3) is 7.88. The van der Waals surface area contributed by atoms with Gasteiger partial charge < -0.3 is 15.0 Å². The molecule has 27 heavy (non-hydrogen) atoms. The SMILES string of the molecule is CCNC(=NCCc1ccc(C(=O)OC)cc1)N(C)CCc1cccs1.I. The number of hydrogen-bond acceptors (Lipinski definition) is 4. The van der Waals surface area contributed by atoms with Gasteiger partial charge in [-0.1, -0.05) is 18.2 Å². The number of benzene rings is 1. The summed E-state index contributed by atoms with van der Waals surface area (Å²) in [6.07, 6.45) is 1.85. The fraction of sp³-hybridized carbons (Fsp3) is 0.400. The van der Waals surface area contributed by atoms with Crippen LogP contribution >= 0.6 is 35.3 Å². The summed E-state index contributed by atoms with van der Waals surface area (Å²) < 4.78 is 4.72. The molecule has 0 aliphatic rings. The van der Waals surface area contributed by atoms with E-state index in [9.17, 15) is 4.79 Å². The van der Waals surface area contributed by atoms with Gasteiger partial charge in [-0.25, -0.2) is 4.79 Å². The van der Waals surface area contributed by atoms with E-state index < -0.39 is 0 Å². The van der Waals surface area contributed by atoms with Gasteiger partial charge in [0.15, 0.2) is 5.96 Å². The van der Waals surface area contributed by atoms with Gasteiger partial charge in [-0.3, -0.25) is 4.99 Å².